The lowest BCUT2D eigenvalue weighted by atomic mass is 10.2. The van der Waals surface area contributed by atoms with E-state index in [1.165, 1.54) is 40.9 Å². The minimum atomic E-state index is -0.482. The van der Waals surface area contributed by atoms with Crippen LogP contribution in [0.1, 0.15) is 11.1 Å². The van der Waals surface area contributed by atoms with Gasteiger partial charge in [0.25, 0.3) is 11.6 Å². The van der Waals surface area contributed by atoms with Crippen LogP contribution in [0.2, 0.25) is 0 Å². The molecule has 0 saturated carbocycles. The number of carbonyl (C=O) groups is 1. The maximum atomic E-state index is 13.0. The van der Waals surface area contributed by atoms with E-state index >= 15 is 0 Å². The summed E-state index contributed by atoms with van der Waals surface area (Å²) in [7, 11) is 0. The van der Waals surface area contributed by atoms with Crippen LogP contribution < -0.4 is 9.64 Å². The molecule has 0 radical (unpaired) electrons. The van der Waals surface area contributed by atoms with Crippen LogP contribution in [0.15, 0.2) is 71.6 Å². The van der Waals surface area contributed by atoms with Crippen molar-refractivity contribution in [1.82, 2.24) is 0 Å². The number of thiocarbonyl (C=S) groups is 1. The van der Waals surface area contributed by atoms with Gasteiger partial charge in [0.1, 0.15) is 12.4 Å². The van der Waals surface area contributed by atoms with Gasteiger partial charge < -0.3 is 4.74 Å². The zero-order valence-corrected chi connectivity index (χ0v) is 22.7. The van der Waals surface area contributed by atoms with Gasteiger partial charge in [-0.1, -0.05) is 54.3 Å². The van der Waals surface area contributed by atoms with Crippen LogP contribution in [0.5, 0.6) is 5.75 Å². The van der Waals surface area contributed by atoms with E-state index in [0.29, 0.717) is 21.5 Å². The number of hydrogen-bond donors (Lipinski definition) is 0. The van der Waals surface area contributed by atoms with E-state index in [0.717, 1.165) is 24.0 Å². The molecular formula is C23H14I2N2O4S2. The molecule has 0 N–H and O–H groups in total. The molecule has 1 heterocycles. The number of anilines is 1. The summed E-state index contributed by atoms with van der Waals surface area (Å²) in [5, 5.41) is 10.9. The molecule has 0 aliphatic carbocycles. The highest BCUT2D eigenvalue weighted by atomic mass is 127. The fraction of sp³-hybridized carbons (Fsp3) is 0.0435. The number of nitro groups is 1. The summed E-state index contributed by atoms with van der Waals surface area (Å²) in [5.74, 6) is 0.545. The molecule has 10 heteroatoms. The zero-order valence-electron chi connectivity index (χ0n) is 16.7. The van der Waals surface area contributed by atoms with Gasteiger partial charge in [0.2, 0.25) is 0 Å². The van der Waals surface area contributed by atoms with Crippen LogP contribution in [0, 0.1) is 17.3 Å². The van der Waals surface area contributed by atoms with Crippen LogP contribution in [0.4, 0.5) is 11.4 Å². The maximum Gasteiger partial charge on any atom is 0.270 e. The van der Waals surface area contributed by atoms with Crippen molar-refractivity contribution in [2.24, 2.45) is 0 Å². The van der Waals surface area contributed by atoms with Gasteiger partial charge >= 0.3 is 0 Å². The number of hydrogen-bond acceptors (Lipinski definition) is 6. The average molecular weight is 700 g/mol. The Hall–Kier alpha value is -2.03. The van der Waals surface area contributed by atoms with Crippen LogP contribution in [0.3, 0.4) is 0 Å². The van der Waals surface area contributed by atoms with Crippen molar-refractivity contribution >= 4 is 96.8 Å². The Labute approximate surface area is 226 Å². The van der Waals surface area contributed by atoms with E-state index in [9.17, 15) is 14.9 Å². The second kappa shape index (κ2) is 10.5. The normalized spacial score (nSPS) is 14.7. The molecule has 0 bridgehead atoms. The van der Waals surface area contributed by atoms with Crippen LogP contribution >= 0.6 is 69.2 Å². The molecule has 33 heavy (non-hydrogen) atoms. The molecule has 0 aromatic heterocycles. The van der Waals surface area contributed by atoms with Gasteiger partial charge in [0.15, 0.2) is 4.32 Å². The molecular weight excluding hydrogens is 686 g/mol. The third-order valence-electron chi connectivity index (χ3n) is 4.66. The number of ether oxygens (including phenoxy) is 1. The van der Waals surface area contributed by atoms with E-state index in [-0.39, 0.29) is 11.6 Å². The number of nitro benzene ring substituents is 1. The Bertz CT molecular complexity index is 1260. The molecule has 1 fully saturated rings. The quantitative estimate of drug-likeness (QED) is 0.0928. The lowest BCUT2D eigenvalue weighted by molar-refractivity contribution is -0.384. The van der Waals surface area contributed by atoms with Crippen LogP contribution in [-0.2, 0) is 11.4 Å². The fourth-order valence-electron chi connectivity index (χ4n) is 3.10. The minimum Gasteiger partial charge on any atom is -0.487 e. The number of rotatable bonds is 6. The first-order chi connectivity index (χ1) is 15.8. The minimum absolute atomic E-state index is 0.0431. The van der Waals surface area contributed by atoms with Crippen molar-refractivity contribution < 1.29 is 14.5 Å². The summed E-state index contributed by atoms with van der Waals surface area (Å²) in [6.45, 7) is 0.472. The summed E-state index contributed by atoms with van der Waals surface area (Å²) < 4.78 is 8.29. The van der Waals surface area contributed by atoms with E-state index in [1.54, 1.807) is 6.08 Å². The van der Waals surface area contributed by atoms with E-state index in [2.05, 4.69) is 45.2 Å². The van der Waals surface area contributed by atoms with Gasteiger partial charge in [0.05, 0.1) is 22.7 Å². The lowest BCUT2D eigenvalue weighted by Gasteiger charge is -2.14. The molecule has 0 atom stereocenters. The number of benzene rings is 3. The van der Waals surface area contributed by atoms with E-state index in [4.69, 9.17) is 17.0 Å². The van der Waals surface area contributed by atoms with Gasteiger partial charge in [-0.2, -0.15) is 0 Å². The predicted octanol–water partition coefficient (Wildman–Crippen LogP) is 6.79. The monoisotopic (exact) mass is 700 g/mol. The number of non-ortho nitro benzene ring substituents is 1. The first kappa shape index (κ1) is 24.1. The molecule has 0 unspecified atom stereocenters. The highest BCUT2D eigenvalue weighted by molar-refractivity contribution is 14.1. The lowest BCUT2D eigenvalue weighted by Crippen LogP contribution is -2.27. The Morgan fingerprint density at radius 2 is 1.70 bits per heavy atom. The Balaban J connectivity index is 1.54. The van der Waals surface area contributed by atoms with Crippen molar-refractivity contribution in [3.63, 3.8) is 0 Å². The van der Waals surface area contributed by atoms with Gasteiger partial charge in [-0.3, -0.25) is 19.8 Å². The van der Waals surface area contributed by atoms with Crippen molar-refractivity contribution in [2.45, 2.75) is 6.61 Å². The smallest absolute Gasteiger partial charge is 0.270 e. The van der Waals surface area contributed by atoms with Crippen molar-refractivity contribution in [3.8, 4) is 5.75 Å². The number of thioether (sulfide) groups is 1. The maximum absolute atomic E-state index is 13.0. The molecule has 1 aliphatic heterocycles. The van der Waals surface area contributed by atoms with Crippen molar-refractivity contribution in [3.05, 3.63) is 100 Å². The topological polar surface area (TPSA) is 72.7 Å². The zero-order chi connectivity index (χ0) is 23.5. The summed E-state index contributed by atoms with van der Waals surface area (Å²) in [4.78, 5) is 25.3. The van der Waals surface area contributed by atoms with Gasteiger partial charge in [-0.25, -0.2) is 0 Å². The van der Waals surface area contributed by atoms with Gasteiger partial charge in [-0.15, -0.1) is 0 Å². The van der Waals surface area contributed by atoms with Crippen molar-refractivity contribution in [1.29, 1.82) is 0 Å². The standard InChI is InChI=1S/C23H14I2N2O4S2/c24-18-10-15(11-19(25)21(18)31-13-14-4-2-1-3-5-14)12-20-22(28)26(23(32)33-20)16-6-8-17(9-7-16)27(29)30/h1-12H,13H2/b20-12-. The van der Waals surface area contributed by atoms with Crippen molar-refractivity contribution in [2.75, 3.05) is 4.90 Å². The summed E-state index contributed by atoms with van der Waals surface area (Å²) >= 11 is 11.1. The second-order valence-electron chi connectivity index (χ2n) is 6.88. The molecule has 4 rings (SSSR count). The van der Waals surface area contributed by atoms with E-state index < -0.39 is 4.92 Å². The summed E-state index contributed by atoms with van der Waals surface area (Å²) in [6.07, 6.45) is 1.80. The number of nitrogens with zero attached hydrogens (tertiary/aromatic N) is 2. The SMILES string of the molecule is O=C1/C(=C/c2cc(I)c(OCc3ccccc3)c(I)c2)SC(=S)N1c1ccc([N+](=O)[O-])cc1. The largest absolute Gasteiger partial charge is 0.487 e. The van der Waals surface area contributed by atoms with Crippen LogP contribution in [0.25, 0.3) is 6.08 Å². The second-order valence-corrected chi connectivity index (χ2v) is 10.9. The Morgan fingerprint density at radius 1 is 1.06 bits per heavy atom. The third-order valence-corrected chi connectivity index (χ3v) is 7.56. The third kappa shape index (κ3) is 5.55. The Morgan fingerprint density at radius 3 is 2.30 bits per heavy atom. The van der Waals surface area contributed by atoms with E-state index in [1.807, 2.05) is 42.5 Å². The number of carbonyl (C=O) groups excluding carboxylic acids is 1. The highest BCUT2D eigenvalue weighted by Gasteiger charge is 2.33. The molecule has 3 aromatic carbocycles. The summed E-state index contributed by atoms with van der Waals surface area (Å²) in [5.41, 5.74) is 2.40. The first-order valence-electron chi connectivity index (χ1n) is 9.51. The Kier molecular flexibility index (Phi) is 7.66. The van der Waals surface area contributed by atoms with Gasteiger partial charge in [0, 0.05) is 12.1 Å². The molecule has 1 aliphatic rings. The van der Waals surface area contributed by atoms with Crippen LogP contribution in [-0.4, -0.2) is 15.2 Å². The molecule has 1 amide bonds. The molecule has 3 aromatic rings. The first-order valence-corrected chi connectivity index (χ1v) is 12.9. The molecule has 0 spiro atoms. The molecule has 6 nitrogen and oxygen atoms in total. The number of halogens is 2. The summed E-state index contributed by atoms with van der Waals surface area (Å²) in [6, 6.07) is 19.6. The number of amides is 1. The molecule has 1 saturated heterocycles. The molecule has 166 valence electrons. The fourth-order valence-corrected chi connectivity index (χ4v) is 6.52. The van der Waals surface area contributed by atoms with Gasteiger partial charge in [-0.05, 0) is 86.7 Å². The average Bonchev–Trinajstić information content (AvgIpc) is 3.06. The predicted molar refractivity (Wildman–Crippen MR) is 151 cm³/mol. The highest BCUT2D eigenvalue weighted by Crippen LogP contribution is 2.37.